The van der Waals surface area contributed by atoms with Crippen molar-refractivity contribution in [2.24, 2.45) is 5.73 Å². The average molecular weight is 248 g/mol. The molecule has 2 N–H and O–H groups in total. The minimum absolute atomic E-state index is 0.0330. The molecule has 1 fully saturated rings. The van der Waals surface area contributed by atoms with Gasteiger partial charge in [-0.05, 0) is 24.6 Å². The molecule has 1 heterocycles. The zero-order valence-electron chi connectivity index (χ0n) is 8.97. The standard InChI is InChI=1S/C11H12F4N2/c12-10-2-1-8(5-9(10)11(13,14)15)17-4-3-7(16)6-17/h1-2,5,7H,3-4,6,16H2. The van der Waals surface area contributed by atoms with Gasteiger partial charge in [-0.3, -0.25) is 0 Å². The fourth-order valence-electron chi connectivity index (χ4n) is 1.95. The number of rotatable bonds is 1. The van der Waals surface area contributed by atoms with E-state index in [0.29, 0.717) is 18.8 Å². The van der Waals surface area contributed by atoms with Crippen LogP contribution in [-0.2, 0) is 6.18 Å². The van der Waals surface area contributed by atoms with Gasteiger partial charge in [0.2, 0.25) is 0 Å². The number of alkyl halides is 3. The third-order valence-corrected chi connectivity index (χ3v) is 2.85. The first-order valence-electron chi connectivity index (χ1n) is 5.25. The number of hydrogen-bond donors (Lipinski definition) is 1. The third-order valence-electron chi connectivity index (χ3n) is 2.85. The molecule has 1 atom stereocenters. The molecule has 0 aromatic heterocycles. The first-order chi connectivity index (χ1) is 7.88. The molecule has 94 valence electrons. The highest BCUT2D eigenvalue weighted by Gasteiger charge is 2.35. The normalized spacial score (nSPS) is 21.0. The summed E-state index contributed by atoms with van der Waals surface area (Å²) in [6, 6.07) is 3.01. The lowest BCUT2D eigenvalue weighted by molar-refractivity contribution is -0.139. The first kappa shape index (κ1) is 12.2. The molecule has 1 aromatic rings. The van der Waals surface area contributed by atoms with E-state index >= 15 is 0 Å². The predicted molar refractivity (Wildman–Crippen MR) is 56.2 cm³/mol. The maximum Gasteiger partial charge on any atom is 0.419 e. The van der Waals surface area contributed by atoms with Crippen molar-refractivity contribution in [3.63, 3.8) is 0 Å². The van der Waals surface area contributed by atoms with Gasteiger partial charge < -0.3 is 10.6 Å². The van der Waals surface area contributed by atoms with Gasteiger partial charge in [-0.25, -0.2) is 4.39 Å². The summed E-state index contributed by atoms with van der Waals surface area (Å²) < 4.78 is 50.6. The van der Waals surface area contributed by atoms with Gasteiger partial charge in [-0.2, -0.15) is 13.2 Å². The Hall–Kier alpha value is -1.30. The van der Waals surface area contributed by atoms with Crippen LogP contribution in [0.25, 0.3) is 0 Å². The molecule has 2 nitrogen and oxygen atoms in total. The van der Waals surface area contributed by atoms with Gasteiger partial charge in [-0.15, -0.1) is 0 Å². The van der Waals surface area contributed by atoms with Gasteiger partial charge >= 0.3 is 6.18 Å². The number of hydrogen-bond acceptors (Lipinski definition) is 2. The molecule has 0 saturated carbocycles. The minimum Gasteiger partial charge on any atom is -0.370 e. The Morgan fingerprint density at radius 1 is 1.29 bits per heavy atom. The van der Waals surface area contributed by atoms with Crippen molar-refractivity contribution >= 4 is 5.69 Å². The molecule has 1 aliphatic heterocycles. The van der Waals surface area contributed by atoms with E-state index in [4.69, 9.17) is 5.73 Å². The van der Waals surface area contributed by atoms with Gasteiger partial charge in [0.25, 0.3) is 0 Å². The Bertz CT molecular complexity index is 416. The third kappa shape index (κ3) is 2.52. The van der Waals surface area contributed by atoms with Crippen LogP contribution in [0.15, 0.2) is 18.2 Å². The van der Waals surface area contributed by atoms with Gasteiger partial charge in [0.05, 0.1) is 5.56 Å². The van der Waals surface area contributed by atoms with Gasteiger partial charge in [0.1, 0.15) is 5.82 Å². The molecule has 1 unspecified atom stereocenters. The van der Waals surface area contributed by atoms with Crippen LogP contribution < -0.4 is 10.6 Å². The SMILES string of the molecule is NC1CCN(c2ccc(F)c(C(F)(F)F)c2)C1. The average Bonchev–Trinajstić information content (AvgIpc) is 2.64. The van der Waals surface area contributed by atoms with E-state index in [2.05, 4.69) is 0 Å². The van der Waals surface area contributed by atoms with Crippen LogP contribution >= 0.6 is 0 Å². The lowest BCUT2D eigenvalue weighted by Crippen LogP contribution is -2.26. The van der Waals surface area contributed by atoms with E-state index in [1.165, 1.54) is 6.07 Å². The number of halogens is 4. The minimum atomic E-state index is -4.66. The first-order valence-corrected chi connectivity index (χ1v) is 5.25. The van der Waals surface area contributed by atoms with E-state index in [1.807, 2.05) is 0 Å². The monoisotopic (exact) mass is 248 g/mol. The summed E-state index contributed by atoms with van der Waals surface area (Å²) in [5.74, 6) is -1.25. The Morgan fingerprint density at radius 2 is 2.00 bits per heavy atom. The Labute approximate surface area is 96.0 Å². The second-order valence-electron chi connectivity index (χ2n) is 4.16. The van der Waals surface area contributed by atoms with Gasteiger partial charge in [-0.1, -0.05) is 0 Å². The molecule has 6 heteroatoms. The second-order valence-corrected chi connectivity index (χ2v) is 4.16. The van der Waals surface area contributed by atoms with Gasteiger partial charge in [0.15, 0.2) is 0 Å². The van der Waals surface area contributed by atoms with Crippen molar-refractivity contribution in [3.05, 3.63) is 29.6 Å². The van der Waals surface area contributed by atoms with Crippen LogP contribution in [-0.4, -0.2) is 19.1 Å². The molecule has 2 rings (SSSR count). The summed E-state index contributed by atoms with van der Waals surface area (Å²) in [5.41, 5.74) is 4.82. The maximum atomic E-state index is 13.1. The summed E-state index contributed by atoms with van der Waals surface area (Å²) in [6.07, 6.45) is -3.93. The fraction of sp³-hybridized carbons (Fsp3) is 0.455. The lowest BCUT2D eigenvalue weighted by Gasteiger charge is -2.19. The summed E-state index contributed by atoms with van der Waals surface area (Å²) in [6.45, 7) is 1.10. The topological polar surface area (TPSA) is 29.3 Å². The van der Waals surface area contributed by atoms with Crippen molar-refractivity contribution in [2.45, 2.75) is 18.6 Å². The number of benzene rings is 1. The maximum absolute atomic E-state index is 13.1. The number of anilines is 1. The van der Waals surface area contributed by atoms with Crippen LogP contribution in [0, 0.1) is 5.82 Å². The van der Waals surface area contributed by atoms with Crippen molar-refractivity contribution < 1.29 is 17.6 Å². The summed E-state index contributed by atoms with van der Waals surface area (Å²) >= 11 is 0. The Kier molecular flexibility index (Phi) is 2.99. The summed E-state index contributed by atoms with van der Waals surface area (Å²) in [7, 11) is 0. The molecular weight excluding hydrogens is 236 g/mol. The predicted octanol–water partition coefficient (Wildman–Crippen LogP) is 2.38. The summed E-state index contributed by atoms with van der Waals surface area (Å²) in [5, 5.41) is 0. The van der Waals surface area contributed by atoms with E-state index in [-0.39, 0.29) is 6.04 Å². The molecule has 1 aliphatic rings. The smallest absolute Gasteiger partial charge is 0.370 e. The van der Waals surface area contributed by atoms with E-state index in [1.54, 1.807) is 4.90 Å². The molecule has 0 radical (unpaired) electrons. The zero-order chi connectivity index (χ0) is 12.6. The molecule has 1 aromatic carbocycles. The zero-order valence-corrected chi connectivity index (χ0v) is 8.97. The highest BCUT2D eigenvalue weighted by atomic mass is 19.4. The molecule has 0 aliphatic carbocycles. The van der Waals surface area contributed by atoms with Gasteiger partial charge in [0, 0.05) is 24.8 Å². The molecule has 0 amide bonds. The Morgan fingerprint density at radius 3 is 2.53 bits per heavy atom. The van der Waals surface area contributed by atoms with Crippen molar-refractivity contribution in [1.29, 1.82) is 0 Å². The quantitative estimate of drug-likeness (QED) is 0.773. The van der Waals surface area contributed by atoms with Crippen LogP contribution in [0.2, 0.25) is 0 Å². The van der Waals surface area contributed by atoms with Crippen molar-refractivity contribution in [1.82, 2.24) is 0 Å². The number of nitrogens with zero attached hydrogens (tertiary/aromatic N) is 1. The van der Waals surface area contributed by atoms with Crippen molar-refractivity contribution in [2.75, 3.05) is 18.0 Å². The van der Waals surface area contributed by atoms with Crippen LogP contribution in [0.1, 0.15) is 12.0 Å². The van der Waals surface area contributed by atoms with Crippen LogP contribution in [0.5, 0.6) is 0 Å². The molecule has 17 heavy (non-hydrogen) atoms. The highest BCUT2D eigenvalue weighted by Crippen LogP contribution is 2.34. The highest BCUT2D eigenvalue weighted by molar-refractivity contribution is 5.50. The molecule has 1 saturated heterocycles. The fourth-order valence-corrected chi connectivity index (χ4v) is 1.95. The largest absolute Gasteiger partial charge is 0.419 e. The molecular formula is C11H12F4N2. The molecule has 0 spiro atoms. The van der Waals surface area contributed by atoms with E-state index in [0.717, 1.165) is 18.6 Å². The second kappa shape index (κ2) is 4.18. The van der Waals surface area contributed by atoms with Crippen molar-refractivity contribution in [3.8, 4) is 0 Å². The number of nitrogens with two attached hydrogens (primary N) is 1. The van der Waals surface area contributed by atoms with Crippen LogP contribution in [0.3, 0.4) is 0 Å². The Balaban J connectivity index is 2.31. The van der Waals surface area contributed by atoms with E-state index in [9.17, 15) is 17.6 Å². The van der Waals surface area contributed by atoms with E-state index < -0.39 is 17.6 Å². The lowest BCUT2D eigenvalue weighted by atomic mass is 10.1. The molecule has 0 bridgehead atoms. The van der Waals surface area contributed by atoms with Crippen LogP contribution in [0.4, 0.5) is 23.2 Å². The summed E-state index contributed by atoms with van der Waals surface area (Å²) in [4.78, 5) is 1.74.